The molecule has 12 heteroatoms. The van der Waals surface area contributed by atoms with Crippen molar-refractivity contribution in [2.75, 3.05) is 17.7 Å². The molecular formula is C29H34N8O2S2. The van der Waals surface area contributed by atoms with Crippen molar-refractivity contribution in [1.82, 2.24) is 20.4 Å². The Bertz CT molecular complexity index is 1490. The van der Waals surface area contributed by atoms with Gasteiger partial charge in [0.25, 0.3) is 0 Å². The molecule has 41 heavy (non-hydrogen) atoms. The fourth-order valence-electron chi connectivity index (χ4n) is 5.13. The van der Waals surface area contributed by atoms with Gasteiger partial charge in [-0.25, -0.2) is 0 Å². The highest BCUT2D eigenvalue weighted by molar-refractivity contribution is 7.15. The van der Waals surface area contributed by atoms with Gasteiger partial charge in [-0.15, -0.1) is 20.4 Å². The quantitative estimate of drug-likeness (QED) is 0.147. The van der Waals surface area contributed by atoms with Crippen molar-refractivity contribution in [3.8, 4) is 0 Å². The summed E-state index contributed by atoms with van der Waals surface area (Å²) >= 11 is 2.93. The predicted molar refractivity (Wildman–Crippen MR) is 164 cm³/mol. The van der Waals surface area contributed by atoms with Crippen molar-refractivity contribution in [3.05, 3.63) is 80.8 Å². The molecule has 0 spiro atoms. The molecule has 214 valence electrons. The Morgan fingerprint density at radius 3 is 2.46 bits per heavy atom. The van der Waals surface area contributed by atoms with E-state index >= 15 is 0 Å². The van der Waals surface area contributed by atoms with Gasteiger partial charge in [-0.05, 0) is 47.6 Å². The highest BCUT2D eigenvalue weighted by Gasteiger charge is 2.29. The fourth-order valence-corrected chi connectivity index (χ4v) is 6.97. The molecule has 1 aliphatic carbocycles. The Morgan fingerprint density at radius 2 is 1.71 bits per heavy atom. The molecule has 2 heterocycles. The van der Waals surface area contributed by atoms with Crippen LogP contribution in [0.5, 0.6) is 0 Å². The molecule has 1 fully saturated rings. The van der Waals surface area contributed by atoms with Crippen molar-refractivity contribution in [1.29, 1.82) is 0 Å². The first-order chi connectivity index (χ1) is 20.0. The maximum atomic E-state index is 12.6. The second-order valence-corrected chi connectivity index (χ2v) is 12.2. The molecule has 1 amide bonds. The van der Waals surface area contributed by atoms with Gasteiger partial charge in [0.15, 0.2) is 0 Å². The second-order valence-electron chi connectivity index (χ2n) is 10.2. The number of anilines is 2. The number of hydrogen-bond donors (Lipinski definition) is 4. The number of aliphatic hydroxyl groups excluding tert-OH is 1. The normalized spacial score (nSPS) is 17.9. The predicted octanol–water partition coefficient (Wildman–Crippen LogP) is 4.49. The molecule has 10 nitrogen and oxygen atoms in total. The average molecular weight is 591 g/mol. The van der Waals surface area contributed by atoms with Crippen molar-refractivity contribution in [2.24, 2.45) is 10.7 Å². The zero-order valence-electron chi connectivity index (χ0n) is 22.9. The number of carbonyl (C=O) groups excluding carboxylic acids is 1. The monoisotopic (exact) mass is 590 g/mol. The summed E-state index contributed by atoms with van der Waals surface area (Å²) in [6.45, 7) is 0.469. The van der Waals surface area contributed by atoms with E-state index in [9.17, 15) is 9.90 Å². The Morgan fingerprint density at radius 1 is 1.02 bits per heavy atom. The van der Waals surface area contributed by atoms with Gasteiger partial charge in [-0.2, -0.15) is 0 Å². The van der Waals surface area contributed by atoms with E-state index < -0.39 is 6.23 Å². The Hall–Kier alpha value is -3.58. The van der Waals surface area contributed by atoms with Crippen LogP contribution in [0.25, 0.3) is 0 Å². The Kier molecular flexibility index (Phi) is 9.78. The summed E-state index contributed by atoms with van der Waals surface area (Å²) in [5.74, 6) is 0.395. The summed E-state index contributed by atoms with van der Waals surface area (Å²) in [5.41, 5.74) is 9.66. The second kappa shape index (κ2) is 13.9. The first-order valence-electron chi connectivity index (χ1n) is 13.7. The van der Waals surface area contributed by atoms with Crippen LogP contribution < -0.4 is 16.4 Å². The standard InChI is InChI=1S/C29H34N8O2S2/c1-31-17-21-8-3-6-19(12-21)14-25(39)33-29-37-35-27(41-29)23-10-4-9-22(15-23)26-34-36-28(40-26)32-24(38)13-18-5-2-7-20(11-18)16-30/h2-3,5-8,11-12,17,22-24,38H,4,9-10,13-16,30H2,1H3,(H,32,36)(H,33,37,39)/t22-,23-,24?/m0/s1. The summed E-state index contributed by atoms with van der Waals surface area (Å²) < 4.78 is 0. The highest BCUT2D eigenvalue weighted by Crippen LogP contribution is 2.43. The van der Waals surface area contributed by atoms with Crippen molar-refractivity contribution >= 4 is 45.1 Å². The highest BCUT2D eigenvalue weighted by atomic mass is 32.1. The van der Waals surface area contributed by atoms with Crippen LogP contribution in [-0.4, -0.2) is 50.9 Å². The summed E-state index contributed by atoms with van der Waals surface area (Å²) in [4.78, 5) is 16.7. The lowest BCUT2D eigenvalue weighted by molar-refractivity contribution is -0.115. The number of benzene rings is 2. The van der Waals surface area contributed by atoms with E-state index in [1.807, 2.05) is 48.5 Å². The summed E-state index contributed by atoms with van der Waals surface area (Å²) in [6.07, 6.45) is 5.71. The first kappa shape index (κ1) is 28.9. The number of nitrogens with one attached hydrogen (secondary N) is 2. The minimum absolute atomic E-state index is 0.122. The minimum Gasteiger partial charge on any atom is -0.373 e. The van der Waals surface area contributed by atoms with Crippen LogP contribution in [0.3, 0.4) is 0 Å². The number of hydrogen-bond acceptors (Lipinski definition) is 11. The zero-order chi connectivity index (χ0) is 28.6. The molecule has 4 aromatic rings. The Labute approximate surface area is 247 Å². The third kappa shape index (κ3) is 8.00. The van der Waals surface area contributed by atoms with Gasteiger partial charge < -0.3 is 21.5 Å². The van der Waals surface area contributed by atoms with Crippen molar-refractivity contribution < 1.29 is 9.90 Å². The van der Waals surface area contributed by atoms with E-state index in [-0.39, 0.29) is 24.2 Å². The van der Waals surface area contributed by atoms with Gasteiger partial charge in [-0.1, -0.05) is 71.6 Å². The number of rotatable bonds is 11. The number of carbonyl (C=O) groups is 1. The van der Waals surface area contributed by atoms with Gasteiger partial charge in [0.05, 0.1) is 6.42 Å². The van der Waals surface area contributed by atoms with Crippen LogP contribution in [0.2, 0.25) is 0 Å². The maximum absolute atomic E-state index is 12.6. The van der Waals surface area contributed by atoms with E-state index in [0.29, 0.717) is 23.2 Å². The Balaban J connectivity index is 1.14. The lowest BCUT2D eigenvalue weighted by Gasteiger charge is -2.25. The first-order valence-corrected chi connectivity index (χ1v) is 15.3. The molecule has 2 aromatic carbocycles. The summed E-state index contributed by atoms with van der Waals surface area (Å²) in [5, 5.41) is 37.0. The number of amides is 1. The SMILES string of the molecule is CN=Cc1cccc(CC(=O)Nc2nnc([C@H]3CCC[C@H](c4nnc(NC(O)Cc5cccc(CN)c5)s4)C3)s2)c1. The van der Waals surface area contributed by atoms with E-state index in [1.54, 1.807) is 13.3 Å². The molecule has 0 radical (unpaired) electrons. The van der Waals surface area contributed by atoms with Crippen molar-refractivity contribution in [2.45, 2.75) is 63.1 Å². The van der Waals surface area contributed by atoms with E-state index in [2.05, 4.69) is 36.0 Å². The summed E-state index contributed by atoms with van der Waals surface area (Å²) in [6, 6.07) is 15.7. The molecule has 0 bridgehead atoms. The molecule has 1 unspecified atom stereocenters. The van der Waals surface area contributed by atoms with Crippen molar-refractivity contribution in [3.63, 3.8) is 0 Å². The minimum atomic E-state index is -0.771. The number of nitrogens with zero attached hydrogens (tertiary/aromatic N) is 5. The maximum Gasteiger partial charge on any atom is 0.230 e. The van der Waals surface area contributed by atoms with Gasteiger partial charge >= 0.3 is 0 Å². The average Bonchev–Trinajstić information content (AvgIpc) is 3.63. The molecule has 1 saturated carbocycles. The van der Waals surface area contributed by atoms with Crippen LogP contribution in [0.4, 0.5) is 10.3 Å². The summed E-state index contributed by atoms with van der Waals surface area (Å²) in [7, 11) is 1.72. The molecule has 0 aliphatic heterocycles. The lowest BCUT2D eigenvalue weighted by Crippen LogP contribution is -2.21. The van der Waals surface area contributed by atoms with Gasteiger partial charge in [-0.3, -0.25) is 9.79 Å². The molecule has 5 rings (SSSR count). The molecule has 2 aromatic heterocycles. The van der Waals surface area contributed by atoms with Gasteiger partial charge in [0.1, 0.15) is 16.2 Å². The molecule has 0 saturated heterocycles. The van der Waals surface area contributed by atoms with E-state index in [1.165, 1.54) is 22.7 Å². The van der Waals surface area contributed by atoms with Crippen LogP contribution in [-0.2, 0) is 24.2 Å². The van der Waals surface area contributed by atoms with Gasteiger partial charge in [0.2, 0.25) is 16.2 Å². The lowest BCUT2D eigenvalue weighted by atomic mass is 9.82. The number of nitrogens with two attached hydrogens (primary N) is 1. The van der Waals surface area contributed by atoms with Crippen LogP contribution in [0.1, 0.15) is 69.8 Å². The van der Waals surface area contributed by atoms with E-state index in [0.717, 1.165) is 58.0 Å². The molecule has 3 atom stereocenters. The number of aliphatic hydroxyl groups is 1. The zero-order valence-corrected chi connectivity index (χ0v) is 24.5. The van der Waals surface area contributed by atoms with E-state index in [4.69, 9.17) is 5.73 Å². The smallest absolute Gasteiger partial charge is 0.230 e. The molecular weight excluding hydrogens is 557 g/mol. The number of aliphatic imine (C=N–C) groups is 1. The molecule has 5 N–H and O–H groups in total. The van der Waals surface area contributed by atoms with Crippen LogP contribution in [0.15, 0.2) is 53.5 Å². The number of aromatic nitrogens is 4. The fraction of sp³-hybridized carbons (Fsp3) is 0.379. The largest absolute Gasteiger partial charge is 0.373 e. The third-order valence-electron chi connectivity index (χ3n) is 7.04. The van der Waals surface area contributed by atoms with Crippen LogP contribution >= 0.6 is 22.7 Å². The topological polar surface area (TPSA) is 151 Å². The molecule has 1 aliphatic rings. The van der Waals surface area contributed by atoms with Crippen LogP contribution in [0, 0.1) is 0 Å². The van der Waals surface area contributed by atoms with Gasteiger partial charge in [0, 0.05) is 38.1 Å². The third-order valence-corrected chi connectivity index (χ3v) is 9.06.